The molecule has 16 heavy (non-hydrogen) atoms. The lowest BCUT2D eigenvalue weighted by molar-refractivity contribution is -0.384. The van der Waals surface area contributed by atoms with Crippen LogP contribution in [0.25, 0.3) is 0 Å². The van der Waals surface area contributed by atoms with Crippen LogP contribution >= 0.6 is 0 Å². The van der Waals surface area contributed by atoms with E-state index in [0.717, 1.165) is 18.7 Å². The van der Waals surface area contributed by atoms with E-state index in [1.54, 1.807) is 12.1 Å². The minimum Gasteiger partial charge on any atom is -0.368 e. The van der Waals surface area contributed by atoms with E-state index in [1.165, 1.54) is 12.1 Å². The molecule has 5 heteroatoms. The lowest BCUT2D eigenvalue weighted by Gasteiger charge is -2.39. The molecule has 1 heterocycles. The Kier molecular flexibility index (Phi) is 2.89. The number of nitro benzene ring substituents is 1. The number of non-ortho nitro benzene ring substituents is 1. The van der Waals surface area contributed by atoms with Gasteiger partial charge in [0.25, 0.3) is 5.69 Å². The van der Waals surface area contributed by atoms with Gasteiger partial charge in [0.15, 0.2) is 0 Å². The summed E-state index contributed by atoms with van der Waals surface area (Å²) in [5.74, 6) is 0. The lowest BCUT2D eigenvalue weighted by atomic mass is 10.00. The summed E-state index contributed by atoms with van der Waals surface area (Å²) in [6, 6.07) is 6.46. The fourth-order valence-corrected chi connectivity index (χ4v) is 1.55. The minimum absolute atomic E-state index is 0.0816. The molecule has 0 aliphatic carbocycles. The number of hydrogen-bond acceptors (Lipinski definition) is 4. The van der Waals surface area contributed by atoms with Crippen molar-refractivity contribution >= 4 is 5.69 Å². The number of ether oxygens (including phenoxy) is 1. The zero-order valence-corrected chi connectivity index (χ0v) is 9.10. The molecule has 0 saturated carbocycles. The van der Waals surface area contributed by atoms with Crippen LogP contribution in [0.2, 0.25) is 0 Å². The second-order valence-corrected chi connectivity index (χ2v) is 4.27. The van der Waals surface area contributed by atoms with Gasteiger partial charge >= 0.3 is 0 Å². The van der Waals surface area contributed by atoms with E-state index in [2.05, 4.69) is 12.2 Å². The summed E-state index contributed by atoms with van der Waals surface area (Å²) < 4.78 is 5.72. The van der Waals surface area contributed by atoms with Crippen molar-refractivity contribution in [2.24, 2.45) is 0 Å². The zero-order chi connectivity index (χ0) is 11.6. The Bertz CT molecular complexity index is 385. The SMILES string of the molecule is CC1(OCc2ccc([N+](=O)[O-])cc2)CNC1. The van der Waals surface area contributed by atoms with Gasteiger partial charge in [0.1, 0.15) is 0 Å². The quantitative estimate of drug-likeness (QED) is 0.619. The van der Waals surface area contributed by atoms with Crippen LogP contribution in [0.3, 0.4) is 0 Å². The molecular formula is C11H14N2O3. The maximum Gasteiger partial charge on any atom is 0.269 e. The van der Waals surface area contributed by atoms with Gasteiger partial charge in [0.2, 0.25) is 0 Å². The molecule has 0 radical (unpaired) electrons. The van der Waals surface area contributed by atoms with E-state index in [0.29, 0.717) is 6.61 Å². The summed E-state index contributed by atoms with van der Waals surface area (Å²) in [4.78, 5) is 10.0. The molecule has 1 fully saturated rings. The van der Waals surface area contributed by atoms with E-state index in [9.17, 15) is 10.1 Å². The topological polar surface area (TPSA) is 64.4 Å². The van der Waals surface area contributed by atoms with Crippen molar-refractivity contribution in [1.82, 2.24) is 5.32 Å². The summed E-state index contributed by atoms with van der Waals surface area (Å²) in [5, 5.41) is 13.6. The van der Waals surface area contributed by atoms with Crippen molar-refractivity contribution < 1.29 is 9.66 Å². The van der Waals surface area contributed by atoms with Crippen LogP contribution < -0.4 is 5.32 Å². The fourth-order valence-electron chi connectivity index (χ4n) is 1.55. The number of hydrogen-bond donors (Lipinski definition) is 1. The highest BCUT2D eigenvalue weighted by Gasteiger charge is 2.32. The van der Waals surface area contributed by atoms with Crippen LogP contribution in [0.1, 0.15) is 12.5 Å². The van der Waals surface area contributed by atoms with Gasteiger partial charge in [-0.05, 0) is 24.6 Å². The number of nitro groups is 1. The predicted molar refractivity (Wildman–Crippen MR) is 59.2 cm³/mol. The number of benzene rings is 1. The van der Waals surface area contributed by atoms with Crippen LogP contribution in [0.5, 0.6) is 0 Å². The van der Waals surface area contributed by atoms with Crippen molar-refractivity contribution in [1.29, 1.82) is 0 Å². The summed E-state index contributed by atoms with van der Waals surface area (Å²) in [7, 11) is 0. The largest absolute Gasteiger partial charge is 0.368 e. The molecule has 1 aliphatic rings. The Hall–Kier alpha value is -1.46. The Balaban J connectivity index is 1.92. The maximum atomic E-state index is 10.5. The number of nitrogens with one attached hydrogen (secondary N) is 1. The van der Waals surface area contributed by atoms with Gasteiger partial charge in [-0.15, -0.1) is 0 Å². The zero-order valence-electron chi connectivity index (χ0n) is 9.10. The molecule has 0 amide bonds. The molecule has 1 aliphatic heterocycles. The van der Waals surface area contributed by atoms with E-state index in [-0.39, 0.29) is 11.3 Å². The predicted octanol–water partition coefficient (Wildman–Crippen LogP) is 1.47. The van der Waals surface area contributed by atoms with Crippen molar-refractivity contribution in [3.05, 3.63) is 39.9 Å². The summed E-state index contributed by atoms with van der Waals surface area (Å²) >= 11 is 0. The molecule has 86 valence electrons. The van der Waals surface area contributed by atoms with Crippen LogP contribution in [0, 0.1) is 10.1 Å². The number of rotatable bonds is 4. The highest BCUT2D eigenvalue weighted by molar-refractivity contribution is 5.32. The van der Waals surface area contributed by atoms with Crippen LogP contribution in [-0.2, 0) is 11.3 Å². The molecule has 0 bridgehead atoms. The van der Waals surface area contributed by atoms with Crippen molar-refractivity contribution in [2.45, 2.75) is 19.1 Å². The molecular weight excluding hydrogens is 208 g/mol. The van der Waals surface area contributed by atoms with Crippen LogP contribution in [0.4, 0.5) is 5.69 Å². The third-order valence-electron chi connectivity index (χ3n) is 2.73. The summed E-state index contributed by atoms with van der Waals surface area (Å²) in [6.45, 7) is 4.27. The van der Waals surface area contributed by atoms with Gasteiger partial charge in [0, 0.05) is 25.2 Å². The first-order valence-corrected chi connectivity index (χ1v) is 5.17. The Morgan fingerprint density at radius 1 is 1.44 bits per heavy atom. The molecule has 1 N–H and O–H groups in total. The molecule has 1 aromatic rings. The standard InChI is InChI=1S/C11H14N2O3/c1-11(7-12-8-11)16-6-9-2-4-10(5-3-9)13(14)15/h2-5,12H,6-8H2,1H3. The van der Waals surface area contributed by atoms with Gasteiger partial charge in [-0.25, -0.2) is 0 Å². The van der Waals surface area contributed by atoms with Gasteiger partial charge in [-0.1, -0.05) is 0 Å². The first kappa shape index (κ1) is 11.0. The average Bonchev–Trinajstić information content (AvgIpc) is 2.24. The first-order valence-electron chi connectivity index (χ1n) is 5.17. The Morgan fingerprint density at radius 3 is 2.50 bits per heavy atom. The molecule has 0 aromatic heterocycles. The summed E-state index contributed by atoms with van der Waals surface area (Å²) in [6.07, 6.45) is 0. The highest BCUT2D eigenvalue weighted by Crippen LogP contribution is 2.19. The van der Waals surface area contributed by atoms with E-state index in [4.69, 9.17) is 4.74 Å². The maximum absolute atomic E-state index is 10.5. The molecule has 0 spiro atoms. The molecule has 5 nitrogen and oxygen atoms in total. The smallest absolute Gasteiger partial charge is 0.269 e. The lowest BCUT2D eigenvalue weighted by Crippen LogP contribution is -2.58. The third kappa shape index (κ3) is 2.37. The normalized spacial score (nSPS) is 17.8. The van der Waals surface area contributed by atoms with Crippen LogP contribution in [-0.4, -0.2) is 23.6 Å². The Morgan fingerprint density at radius 2 is 2.06 bits per heavy atom. The Labute approximate surface area is 93.6 Å². The van der Waals surface area contributed by atoms with E-state index < -0.39 is 4.92 Å². The number of nitrogens with zero attached hydrogens (tertiary/aromatic N) is 1. The van der Waals surface area contributed by atoms with Crippen molar-refractivity contribution in [2.75, 3.05) is 13.1 Å². The van der Waals surface area contributed by atoms with Crippen molar-refractivity contribution in [3.8, 4) is 0 Å². The molecule has 1 saturated heterocycles. The third-order valence-corrected chi connectivity index (χ3v) is 2.73. The molecule has 2 rings (SSSR count). The minimum atomic E-state index is -0.401. The fraction of sp³-hybridized carbons (Fsp3) is 0.455. The first-order chi connectivity index (χ1) is 7.59. The molecule has 0 atom stereocenters. The van der Waals surface area contributed by atoms with Crippen LogP contribution in [0.15, 0.2) is 24.3 Å². The van der Waals surface area contributed by atoms with E-state index >= 15 is 0 Å². The van der Waals surface area contributed by atoms with Gasteiger partial charge < -0.3 is 10.1 Å². The van der Waals surface area contributed by atoms with Gasteiger partial charge in [-0.2, -0.15) is 0 Å². The summed E-state index contributed by atoms with van der Waals surface area (Å²) in [5.41, 5.74) is 0.987. The van der Waals surface area contributed by atoms with Crippen molar-refractivity contribution in [3.63, 3.8) is 0 Å². The molecule has 0 unspecified atom stereocenters. The van der Waals surface area contributed by atoms with Gasteiger partial charge in [-0.3, -0.25) is 10.1 Å². The monoisotopic (exact) mass is 222 g/mol. The second kappa shape index (κ2) is 4.19. The average molecular weight is 222 g/mol. The van der Waals surface area contributed by atoms with E-state index in [1.807, 2.05) is 0 Å². The molecule has 1 aromatic carbocycles. The second-order valence-electron chi connectivity index (χ2n) is 4.27. The van der Waals surface area contributed by atoms with Gasteiger partial charge in [0.05, 0.1) is 17.1 Å². The highest BCUT2D eigenvalue weighted by atomic mass is 16.6.